The maximum Gasteiger partial charge on any atom is 0.236 e. The number of hydrogen-bond donors (Lipinski definition) is 0. The summed E-state index contributed by atoms with van der Waals surface area (Å²) >= 11 is 1.63. The Morgan fingerprint density at radius 2 is 1.92 bits per heavy atom. The summed E-state index contributed by atoms with van der Waals surface area (Å²) in [6.45, 7) is 5.12. The first-order valence-electron chi connectivity index (χ1n) is 9.34. The minimum Gasteiger partial charge on any atom is -0.348 e. The Morgan fingerprint density at radius 1 is 1.15 bits per heavy atom. The van der Waals surface area contributed by atoms with Gasteiger partial charge in [0.1, 0.15) is 0 Å². The van der Waals surface area contributed by atoms with E-state index in [1.54, 1.807) is 30.8 Å². The summed E-state index contributed by atoms with van der Waals surface area (Å²) in [5.41, 5.74) is 1.22. The molecule has 2 atom stereocenters. The fourth-order valence-electron chi connectivity index (χ4n) is 3.89. The molecule has 3 saturated heterocycles. The van der Waals surface area contributed by atoms with E-state index in [-0.39, 0.29) is 17.9 Å². The lowest BCUT2D eigenvalue weighted by molar-refractivity contribution is -0.132. The van der Waals surface area contributed by atoms with Gasteiger partial charge in [-0.1, -0.05) is 18.2 Å². The molecule has 0 aromatic heterocycles. The number of benzene rings is 1. The van der Waals surface area contributed by atoms with Gasteiger partial charge in [-0.15, -0.1) is 11.8 Å². The Kier molecular flexibility index (Phi) is 6.24. The molecule has 3 heterocycles. The molecule has 0 unspecified atom stereocenters. The Morgan fingerprint density at radius 3 is 2.65 bits per heavy atom. The SMILES string of the molecule is Cc1ccccc1SCC(=O)N1C[C@@H]2CC[C@H]1CN(CC(=O)N(C)C)C2. The maximum atomic E-state index is 12.9. The molecule has 1 aromatic rings. The number of aryl methyl sites for hydroxylation is 1. The number of rotatable bonds is 5. The zero-order valence-corrected chi connectivity index (χ0v) is 16.8. The van der Waals surface area contributed by atoms with Gasteiger partial charge < -0.3 is 9.80 Å². The van der Waals surface area contributed by atoms with Crippen LogP contribution in [0.5, 0.6) is 0 Å². The van der Waals surface area contributed by atoms with Crippen LogP contribution in [-0.2, 0) is 9.59 Å². The number of carbonyl (C=O) groups excluding carboxylic acids is 2. The summed E-state index contributed by atoms with van der Waals surface area (Å²) in [4.78, 5) is 32.1. The normalized spacial score (nSPS) is 23.0. The van der Waals surface area contributed by atoms with Gasteiger partial charge in [-0.25, -0.2) is 0 Å². The molecule has 2 bridgehead atoms. The van der Waals surface area contributed by atoms with Crippen LogP contribution >= 0.6 is 11.8 Å². The Labute approximate surface area is 160 Å². The zero-order valence-electron chi connectivity index (χ0n) is 16.0. The van der Waals surface area contributed by atoms with Gasteiger partial charge in [0.25, 0.3) is 0 Å². The molecular formula is C20H29N3O2S. The number of carbonyl (C=O) groups is 2. The van der Waals surface area contributed by atoms with Crippen molar-refractivity contribution >= 4 is 23.6 Å². The molecule has 26 heavy (non-hydrogen) atoms. The van der Waals surface area contributed by atoms with E-state index < -0.39 is 0 Å². The van der Waals surface area contributed by atoms with Gasteiger partial charge in [0.05, 0.1) is 12.3 Å². The van der Waals surface area contributed by atoms with Gasteiger partial charge in [-0.3, -0.25) is 14.5 Å². The quantitative estimate of drug-likeness (QED) is 0.740. The molecular weight excluding hydrogens is 346 g/mol. The van der Waals surface area contributed by atoms with Crippen molar-refractivity contribution in [2.24, 2.45) is 5.92 Å². The lowest BCUT2D eigenvalue weighted by atomic mass is 9.95. The highest BCUT2D eigenvalue weighted by Crippen LogP contribution is 2.29. The van der Waals surface area contributed by atoms with E-state index in [0.717, 1.165) is 32.5 Å². The Bertz CT molecular complexity index is 664. The van der Waals surface area contributed by atoms with E-state index in [0.29, 0.717) is 18.2 Å². The minimum absolute atomic E-state index is 0.138. The molecule has 5 nitrogen and oxygen atoms in total. The van der Waals surface area contributed by atoms with Gasteiger partial charge in [0.15, 0.2) is 0 Å². The molecule has 0 spiro atoms. The van der Waals surface area contributed by atoms with Crippen molar-refractivity contribution in [2.75, 3.05) is 46.0 Å². The summed E-state index contributed by atoms with van der Waals surface area (Å²) in [5, 5.41) is 0. The second-order valence-electron chi connectivity index (χ2n) is 7.68. The molecule has 4 rings (SSSR count). The van der Waals surface area contributed by atoms with E-state index in [4.69, 9.17) is 0 Å². The van der Waals surface area contributed by atoms with Crippen LogP contribution in [0.1, 0.15) is 18.4 Å². The third-order valence-corrected chi connectivity index (χ3v) is 6.57. The van der Waals surface area contributed by atoms with E-state index >= 15 is 0 Å². The highest BCUT2D eigenvalue weighted by molar-refractivity contribution is 8.00. The van der Waals surface area contributed by atoms with E-state index in [1.807, 2.05) is 12.1 Å². The standard InChI is InChI=1S/C20H29N3O2S/c1-15-6-4-5-7-18(15)26-14-20(25)23-11-16-8-9-17(23)12-22(10-16)13-19(24)21(2)3/h4-7,16-17H,8-14H2,1-3H3/t16-,17+/m1/s1. The molecule has 6 heteroatoms. The van der Waals surface area contributed by atoms with Crippen molar-refractivity contribution in [2.45, 2.75) is 30.7 Å². The lowest BCUT2D eigenvalue weighted by Gasteiger charge is -2.36. The van der Waals surface area contributed by atoms with Crippen LogP contribution in [0.25, 0.3) is 0 Å². The lowest BCUT2D eigenvalue weighted by Crippen LogP contribution is -2.48. The predicted octanol–water partition coefficient (Wildman–Crippen LogP) is 2.10. The van der Waals surface area contributed by atoms with Crippen molar-refractivity contribution in [3.05, 3.63) is 29.8 Å². The zero-order chi connectivity index (χ0) is 18.7. The molecule has 3 aliphatic rings. The van der Waals surface area contributed by atoms with E-state index in [9.17, 15) is 9.59 Å². The highest BCUT2D eigenvalue weighted by Gasteiger charge is 2.37. The van der Waals surface area contributed by atoms with E-state index in [1.165, 1.54) is 10.5 Å². The van der Waals surface area contributed by atoms with Crippen LogP contribution in [0.3, 0.4) is 0 Å². The molecule has 3 fully saturated rings. The summed E-state index contributed by atoms with van der Waals surface area (Å²) in [5.74, 6) is 1.34. The Balaban J connectivity index is 1.60. The van der Waals surface area contributed by atoms with Crippen molar-refractivity contribution in [3.8, 4) is 0 Å². The fraction of sp³-hybridized carbons (Fsp3) is 0.600. The summed E-state index contributed by atoms with van der Waals surface area (Å²) in [6, 6.07) is 8.46. The third-order valence-electron chi connectivity index (χ3n) is 5.41. The monoisotopic (exact) mass is 375 g/mol. The second-order valence-corrected chi connectivity index (χ2v) is 8.70. The number of hydrogen-bond acceptors (Lipinski definition) is 4. The molecule has 0 radical (unpaired) electrons. The number of likely N-dealkylation sites (N-methyl/N-ethyl adjacent to an activating group) is 1. The second kappa shape index (κ2) is 8.44. The highest BCUT2D eigenvalue weighted by atomic mass is 32.2. The van der Waals surface area contributed by atoms with E-state index in [2.05, 4.69) is 28.9 Å². The molecule has 3 aliphatic heterocycles. The average Bonchev–Trinajstić information content (AvgIpc) is 2.91. The summed E-state index contributed by atoms with van der Waals surface area (Å²) in [7, 11) is 3.60. The molecule has 2 amide bonds. The molecule has 0 saturated carbocycles. The maximum absolute atomic E-state index is 12.9. The number of thioether (sulfide) groups is 1. The first-order valence-corrected chi connectivity index (χ1v) is 10.3. The largest absolute Gasteiger partial charge is 0.348 e. The first-order chi connectivity index (χ1) is 12.4. The topological polar surface area (TPSA) is 43.9 Å². The first kappa shape index (κ1) is 19.2. The van der Waals surface area contributed by atoms with Crippen LogP contribution in [-0.4, -0.2) is 78.6 Å². The molecule has 0 aliphatic carbocycles. The van der Waals surface area contributed by atoms with Crippen LogP contribution in [0.15, 0.2) is 29.2 Å². The van der Waals surface area contributed by atoms with Gasteiger partial charge in [-0.2, -0.15) is 0 Å². The molecule has 1 aromatic carbocycles. The van der Waals surface area contributed by atoms with Gasteiger partial charge >= 0.3 is 0 Å². The number of fused-ring (bicyclic) bond motifs is 4. The number of amides is 2. The van der Waals surface area contributed by atoms with Crippen molar-refractivity contribution in [1.82, 2.24) is 14.7 Å². The summed E-state index contributed by atoms with van der Waals surface area (Å²) < 4.78 is 0. The van der Waals surface area contributed by atoms with Crippen molar-refractivity contribution in [1.29, 1.82) is 0 Å². The Hall–Kier alpha value is -1.53. The van der Waals surface area contributed by atoms with Crippen molar-refractivity contribution < 1.29 is 9.59 Å². The number of piperidine rings is 1. The minimum atomic E-state index is 0.138. The summed E-state index contributed by atoms with van der Waals surface area (Å²) in [6.07, 6.45) is 2.21. The van der Waals surface area contributed by atoms with Crippen LogP contribution in [0.2, 0.25) is 0 Å². The molecule has 0 N–H and O–H groups in total. The predicted molar refractivity (Wildman–Crippen MR) is 105 cm³/mol. The average molecular weight is 376 g/mol. The van der Waals surface area contributed by atoms with Gasteiger partial charge in [0.2, 0.25) is 11.8 Å². The molecule has 142 valence electrons. The van der Waals surface area contributed by atoms with Crippen LogP contribution in [0.4, 0.5) is 0 Å². The third kappa shape index (κ3) is 4.60. The smallest absolute Gasteiger partial charge is 0.236 e. The van der Waals surface area contributed by atoms with Gasteiger partial charge in [0, 0.05) is 44.7 Å². The van der Waals surface area contributed by atoms with Crippen LogP contribution < -0.4 is 0 Å². The van der Waals surface area contributed by atoms with Gasteiger partial charge in [-0.05, 0) is 37.3 Å². The van der Waals surface area contributed by atoms with Crippen LogP contribution in [0, 0.1) is 12.8 Å². The van der Waals surface area contributed by atoms with Crippen molar-refractivity contribution in [3.63, 3.8) is 0 Å². The fourth-order valence-corrected chi connectivity index (χ4v) is 4.80. The number of nitrogens with zero attached hydrogens (tertiary/aromatic N) is 3.